The molecule has 2 aromatic rings. The smallest absolute Gasteiger partial charge is 0.240 e. The van der Waals surface area contributed by atoms with E-state index in [4.69, 9.17) is 14.7 Å². The summed E-state index contributed by atoms with van der Waals surface area (Å²) in [6, 6.07) is 10.8. The topological polar surface area (TPSA) is 109 Å². The van der Waals surface area contributed by atoms with Crippen molar-refractivity contribution < 1.29 is 23.0 Å². The van der Waals surface area contributed by atoms with Crippen LogP contribution in [-0.4, -0.2) is 34.3 Å². The number of rotatable bonds is 7. The zero-order chi connectivity index (χ0) is 18.4. The summed E-state index contributed by atoms with van der Waals surface area (Å²) >= 11 is 0. The van der Waals surface area contributed by atoms with E-state index in [1.165, 1.54) is 38.5 Å². The van der Waals surface area contributed by atoms with Crippen LogP contribution in [0, 0.1) is 11.3 Å². The molecule has 0 aliphatic rings. The molecule has 0 bridgehead atoms. The fraction of sp³-hybridized carbons (Fsp3) is 0.235. The molecule has 2 rings (SSSR count). The van der Waals surface area contributed by atoms with Crippen molar-refractivity contribution in [3.63, 3.8) is 0 Å². The van der Waals surface area contributed by atoms with Gasteiger partial charge in [-0.2, -0.15) is 5.26 Å². The van der Waals surface area contributed by atoms with Gasteiger partial charge >= 0.3 is 0 Å². The summed E-state index contributed by atoms with van der Waals surface area (Å²) in [6.07, 6.45) is 0.377. The van der Waals surface area contributed by atoms with Gasteiger partial charge in [0.15, 0.2) is 11.5 Å². The number of aromatic hydroxyl groups is 1. The van der Waals surface area contributed by atoms with Gasteiger partial charge in [-0.3, -0.25) is 0 Å². The van der Waals surface area contributed by atoms with Crippen molar-refractivity contribution in [2.75, 3.05) is 20.8 Å². The van der Waals surface area contributed by atoms with Crippen molar-refractivity contribution >= 4 is 10.0 Å². The molecule has 0 heterocycles. The highest BCUT2D eigenvalue weighted by atomic mass is 32.2. The van der Waals surface area contributed by atoms with Gasteiger partial charge < -0.3 is 14.6 Å². The number of methoxy groups -OCH3 is 2. The molecule has 8 heteroatoms. The summed E-state index contributed by atoms with van der Waals surface area (Å²) < 4.78 is 37.1. The molecule has 0 aliphatic heterocycles. The summed E-state index contributed by atoms with van der Waals surface area (Å²) in [5.74, 6) is 0.403. The van der Waals surface area contributed by atoms with E-state index in [2.05, 4.69) is 4.72 Å². The largest absolute Gasteiger partial charge is 0.502 e. The van der Waals surface area contributed by atoms with Gasteiger partial charge in [-0.05, 0) is 48.4 Å². The van der Waals surface area contributed by atoms with E-state index in [0.717, 1.165) is 5.56 Å². The Bertz CT molecular complexity index is 861. The number of nitrogens with zero attached hydrogens (tertiary/aromatic N) is 1. The third-order valence-electron chi connectivity index (χ3n) is 3.54. The Labute approximate surface area is 146 Å². The number of hydrogen-bond donors (Lipinski definition) is 2. The molecule has 0 saturated carbocycles. The molecule has 0 amide bonds. The quantitative estimate of drug-likeness (QED) is 0.777. The van der Waals surface area contributed by atoms with E-state index in [1.807, 2.05) is 6.07 Å². The van der Waals surface area contributed by atoms with E-state index in [1.54, 1.807) is 12.1 Å². The molecular formula is C17H18N2O5S. The van der Waals surface area contributed by atoms with Crippen LogP contribution in [0.2, 0.25) is 0 Å². The predicted octanol–water partition coefficient (Wildman–Crippen LogP) is 1.80. The van der Waals surface area contributed by atoms with Crippen LogP contribution in [0.4, 0.5) is 0 Å². The van der Waals surface area contributed by atoms with Gasteiger partial charge in [0.2, 0.25) is 15.8 Å². The number of phenols is 1. The first-order valence-electron chi connectivity index (χ1n) is 7.35. The van der Waals surface area contributed by atoms with Crippen LogP contribution < -0.4 is 14.2 Å². The zero-order valence-corrected chi connectivity index (χ0v) is 14.6. The zero-order valence-electron chi connectivity index (χ0n) is 13.8. The van der Waals surface area contributed by atoms with Gasteiger partial charge in [0.25, 0.3) is 0 Å². The number of sulfonamides is 1. The minimum absolute atomic E-state index is 0.0902. The van der Waals surface area contributed by atoms with Crippen molar-refractivity contribution in [3.05, 3.63) is 47.5 Å². The number of nitrogens with one attached hydrogen (secondary N) is 1. The van der Waals surface area contributed by atoms with Gasteiger partial charge in [-0.25, -0.2) is 13.1 Å². The summed E-state index contributed by atoms with van der Waals surface area (Å²) in [4.78, 5) is 0.0902. The summed E-state index contributed by atoms with van der Waals surface area (Å²) in [6.45, 7) is 0.152. The average Bonchev–Trinajstić information content (AvgIpc) is 2.62. The lowest BCUT2D eigenvalue weighted by atomic mass is 10.1. The minimum Gasteiger partial charge on any atom is -0.502 e. The Morgan fingerprint density at radius 1 is 1.12 bits per heavy atom. The first-order chi connectivity index (χ1) is 11.9. The Kier molecular flexibility index (Phi) is 5.85. The standard InChI is InChI=1S/C17H18N2O5S/c1-23-15-9-13(10-16(24-2)17(15)20)7-8-19-25(21,22)14-5-3-12(11-18)4-6-14/h3-6,9-10,19-20H,7-8H2,1-2H3. The Morgan fingerprint density at radius 3 is 2.16 bits per heavy atom. The van der Waals surface area contributed by atoms with E-state index in [9.17, 15) is 13.5 Å². The molecule has 0 spiro atoms. The normalized spacial score (nSPS) is 10.9. The number of phenolic OH excluding ortho intramolecular Hbond substituents is 1. The van der Waals surface area contributed by atoms with Crippen molar-refractivity contribution in [3.8, 4) is 23.3 Å². The highest BCUT2D eigenvalue weighted by Crippen LogP contribution is 2.37. The van der Waals surface area contributed by atoms with Gasteiger partial charge in [0.05, 0.1) is 30.7 Å². The Morgan fingerprint density at radius 2 is 1.68 bits per heavy atom. The Hall–Kier alpha value is -2.76. The van der Waals surface area contributed by atoms with Crippen LogP contribution in [0.1, 0.15) is 11.1 Å². The summed E-state index contributed by atoms with van der Waals surface area (Å²) in [5.41, 5.74) is 1.14. The van der Waals surface area contributed by atoms with Crippen LogP contribution in [0.3, 0.4) is 0 Å². The molecule has 0 aromatic heterocycles. The van der Waals surface area contributed by atoms with E-state index < -0.39 is 10.0 Å². The van der Waals surface area contributed by atoms with Crippen molar-refractivity contribution in [2.24, 2.45) is 0 Å². The third kappa shape index (κ3) is 4.41. The van der Waals surface area contributed by atoms with E-state index in [-0.39, 0.29) is 28.7 Å². The predicted molar refractivity (Wildman–Crippen MR) is 91.3 cm³/mol. The molecule has 2 N–H and O–H groups in total. The van der Waals surface area contributed by atoms with Crippen molar-refractivity contribution in [1.82, 2.24) is 4.72 Å². The highest BCUT2D eigenvalue weighted by molar-refractivity contribution is 7.89. The first-order valence-corrected chi connectivity index (χ1v) is 8.83. The fourth-order valence-electron chi connectivity index (χ4n) is 2.21. The number of benzene rings is 2. The van der Waals surface area contributed by atoms with E-state index in [0.29, 0.717) is 12.0 Å². The SMILES string of the molecule is COc1cc(CCNS(=O)(=O)c2ccc(C#N)cc2)cc(OC)c1O. The maximum atomic E-state index is 12.2. The molecule has 0 aliphatic carbocycles. The minimum atomic E-state index is -3.67. The lowest BCUT2D eigenvalue weighted by molar-refractivity contribution is 0.339. The van der Waals surface area contributed by atoms with Crippen LogP contribution >= 0.6 is 0 Å². The number of nitriles is 1. The molecule has 0 saturated heterocycles. The lowest BCUT2D eigenvalue weighted by Gasteiger charge is -2.12. The molecule has 0 fully saturated rings. The Balaban J connectivity index is 2.08. The van der Waals surface area contributed by atoms with Crippen LogP contribution in [0.5, 0.6) is 17.2 Å². The van der Waals surface area contributed by atoms with Gasteiger partial charge in [-0.15, -0.1) is 0 Å². The molecular weight excluding hydrogens is 344 g/mol. The second-order valence-electron chi connectivity index (χ2n) is 5.13. The van der Waals surface area contributed by atoms with Gasteiger partial charge in [-0.1, -0.05) is 0 Å². The molecule has 0 radical (unpaired) electrons. The fourth-order valence-corrected chi connectivity index (χ4v) is 3.25. The van der Waals surface area contributed by atoms with Crippen molar-refractivity contribution in [2.45, 2.75) is 11.3 Å². The second-order valence-corrected chi connectivity index (χ2v) is 6.90. The molecule has 132 valence electrons. The molecule has 7 nitrogen and oxygen atoms in total. The maximum absolute atomic E-state index is 12.2. The molecule has 25 heavy (non-hydrogen) atoms. The van der Waals surface area contributed by atoms with Crippen LogP contribution in [-0.2, 0) is 16.4 Å². The number of hydrogen-bond acceptors (Lipinski definition) is 6. The van der Waals surface area contributed by atoms with E-state index >= 15 is 0 Å². The molecule has 0 atom stereocenters. The van der Waals surface area contributed by atoms with Crippen LogP contribution in [0.15, 0.2) is 41.3 Å². The second kappa shape index (κ2) is 7.88. The van der Waals surface area contributed by atoms with Crippen LogP contribution in [0.25, 0.3) is 0 Å². The van der Waals surface area contributed by atoms with Gasteiger partial charge in [0, 0.05) is 6.54 Å². The molecule has 2 aromatic carbocycles. The maximum Gasteiger partial charge on any atom is 0.240 e. The van der Waals surface area contributed by atoms with Gasteiger partial charge in [0.1, 0.15) is 0 Å². The third-order valence-corrected chi connectivity index (χ3v) is 5.02. The average molecular weight is 362 g/mol. The summed E-state index contributed by atoms with van der Waals surface area (Å²) in [7, 11) is -0.821. The number of ether oxygens (including phenoxy) is 2. The summed E-state index contributed by atoms with van der Waals surface area (Å²) in [5, 5.41) is 18.6. The van der Waals surface area contributed by atoms with Crippen molar-refractivity contribution in [1.29, 1.82) is 5.26 Å². The monoisotopic (exact) mass is 362 g/mol. The molecule has 0 unspecified atom stereocenters. The first kappa shape index (κ1) is 18.6. The lowest BCUT2D eigenvalue weighted by Crippen LogP contribution is -2.26. The highest BCUT2D eigenvalue weighted by Gasteiger charge is 2.15.